The standard InChI is InChI=1S/C47H54N8O7/c1-25(2)39(52-45(58)60-5)43(56)54-19-7-9-35(54)41-48-24-34(51-41)29-13-16-37-31(21-29)47(17-18-47)30-14-11-28(23-38(30)62-37)27-12-15-32-33(22-27)50-42(49-32)36-10-8-20-55(36)44(57)40(26(3)4)53-46(59)61-6/h11-16,21-26,35-36,39-40H,7-10,17-20H2,1-6H3,(H,48,51)(H,49,50)(H,52,58)(H,53,59)/t35-,36-,39-,40-/m0/s1. The number of nitrogens with zero attached hydrogens (tertiary/aromatic N) is 4. The largest absolute Gasteiger partial charge is 0.457 e. The van der Waals surface area contributed by atoms with Gasteiger partial charge in [-0.15, -0.1) is 0 Å². The number of hydrogen-bond donors (Lipinski definition) is 4. The van der Waals surface area contributed by atoms with E-state index in [1.165, 1.54) is 19.8 Å². The molecule has 4 aliphatic rings. The van der Waals surface area contributed by atoms with Gasteiger partial charge in [0.1, 0.15) is 35.2 Å². The Morgan fingerprint density at radius 1 is 0.726 bits per heavy atom. The first kappa shape index (κ1) is 41.0. The van der Waals surface area contributed by atoms with Crippen LogP contribution < -0.4 is 15.4 Å². The smallest absolute Gasteiger partial charge is 0.407 e. The van der Waals surface area contributed by atoms with Crippen LogP contribution in [0, 0.1) is 11.8 Å². The molecule has 4 amide bonds. The Hall–Kier alpha value is -6.38. The number of nitrogens with one attached hydrogen (secondary N) is 4. The summed E-state index contributed by atoms with van der Waals surface area (Å²) in [6, 6.07) is 17.1. The van der Waals surface area contributed by atoms with E-state index in [-0.39, 0.29) is 41.1 Å². The highest BCUT2D eigenvalue weighted by Crippen LogP contribution is 2.62. The lowest BCUT2D eigenvalue weighted by molar-refractivity contribution is -0.136. The Morgan fingerprint density at radius 2 is 1.32 bits per heavy atom. The van der Waals surface area contributed by atoms with Gasteiger partial charge in [0.15, 0.2) is 0 Å². The number of benzene rings is 3. The highest BCUT2D eigenvalue weighted by atomic mass is 16.5. The van der Waals surface area contributed by atoms with Crippen LogP contribution in [0.2, 0.25) is 0 Å². The first-order chi connectivity index (χ1) is 29.9. The van der Waals surface area contributed by atoms with Crippen molar-refractivity contribution in [2.24, 2.45) is 11.8 Å². The molecule has 0 bridgehead atoms. The fourth-order valence-electron chi connectivity index (χ4n) is 9.67. The molecular formula is C47H54N8O7. The lowest BCUT2D eigenvalue weighted by Crippen LogP contribution is -2.51. The average molecular weight is 843 g/mol. The number of aromatic nitrogens is 4. The summed E-state index contributed by atoms with van der Waals surface area (Å²) in [7, 11) is 2.59. The molecule has 15 heteroatoms. The maximum atomic E-state index is 13.7. The topological polar surface area (TPSA) is 184 Å². The number of imidazole rings is 2. The molecule has 5 heterocycles. The van der Waals surface area contributed by atoms with Crippen molar-refractivity contribution in [3.63, 3.8) is 0 Å². The van der Waals surface area contributed by atoms with Crippen molar-refractivity contribution in [2.75, 3.05) is 27.3 Å². The Bertz CT molecular complexity index is 2560. The molecule has 1 spiro atoms. The summed E-state index contributed by atoms with van der Waals surface area (Å²) < 4.78 is 16.3. The summed E-state index contributed by atoms with van der Waals surface area (Å²) in [5.41, 5.74) is 7.79. The van der Waals surface area contributed by atoms with Crippen molar-refractivity contribution < 1.29 is 33.4 Å². The van der Waals surface area contributed by atoms with E-state index in [0.717, 1.165) is 101 Å². The number of hydrogen-bond acceptors (Lipinski definition) is 9. The number of carbonyl (C=O) groups is 4. The SMILES string of the molecule is COC(=O)N[C@H](C(=O)N1CCC[C@H]1c1ncc(-c2ccc3c(c2)C2(CC2)c2ccc(-c4ccc5nc([C@@H]6CCCN6C(=O)[C@@H](NC(=O)OC)C(C)C)[nH]c5c4)cc2O3)[nH]1)C(C)C. The van der Waals surface area contributed by atoms with Crippen LogP contribution >= 0.6 is 0 Å². The van der Waals surface area contributed by atoms with Crippen molar-refractivity contribution in [3.8, 4) is 33.9 Å². The van der Waals surface area contributed by atoms with Crippen molar-refractivity contribution in [1.29, 1.82) is 0 Å². The van der Waals surface area contributed by atoms with Crippen molar-refractivity contribution >= 4 is 35.0 Å². The minimum absolute atomic E-state index is 0.113. The minimum Gasteiger partial charge on any atom is -0.457 e. The predicted molar refractivity (Wildman–Crippen MR) is 231 cm³/mol. The number of amides is 4. The molecule has 2 aromatic heterocycles. The van der Waals surface area contributed by atoms with Crippen molar-refractivity contribution in [1.82, 2.24) is 40.4 Å². The molecule has 4 atom stereocenters. The van der Waals surface area contributed by atoms with Gasteiger partial charge < -0.3 is 44.6 Å². The van der Waals surface area contributed by atoms with E-state index in [4.69, 9.17) is 24.2 Å². The monoisotopic (exact) mass is 842 g/mol. The number of fused-ring (bicyclic) bond motifs is 5. The van der Waals surface area contributed by atoms with Crippen LogP contribution in [-0.4, -0.2) is 93.1 Å². The van der Waals surface area contributed by atoms with E-state index in [1.54, 1.807) is 0 Å². The highest BCUT2D eigenvalue weighted by Gasteiger charge is 2.52. The number of carbonyl (C=O) groups excluding carboxylic acids is 4. The van der Waals surface area contributed by atoms with Crippen LogP contribution in [0.4, 0.5) is 9.59 Å². The third-order valence-electron chi connectivity index (χ3n) is 13.2. The molecule has 1 aliphatic carbocycles. The van der Waals surface area contributed by atoms with E-state index in [9.17, 15) is 19.2 Å². The lowest BCUT2D eigenvalue weighted by Gasteiger charge is -2.30. The summed E-state index contributed by atoms with van der Waals surface area (Å²) in [5.74, 6) is 2.64. The molecule has 0 unspecified atom stereocenters. The molecule has 5 aromatic rings. The van der Waals surface area contributed by atoms with E-state index in [0.29, 0.717) is 13.1 Å². The number of alkyl carbamates (subject to hydrolysis) is 2. The van der Waals surface area contributed by atoms with Gasteiger partial charge in [-0.1, -0.05) is 45.9 Å². The Morgan fingerprint density at radius 3 is 1.94 bits per heavy atom. The van der Waals surface area contributed by atoms with Crippen molar-refractivity contribution in [3.05, 3.63) is 83.6 Å². The third-order valence-corrected chi connectivity index (χ3v) is 13.2. The second kappa shape index (κ2) is 16.1. The van der Waals surface area contributed by atoms with Crippen LogP contribution in [0.25, 0.3) is 33.4 Å². The van der Waals surface area contributed by atoms with Gasteiger partial charge in [-0.3, -0.25) is 9.59 Å². The molecule has 2 saturated heterocycles. The summed E-state index contributed by atoms with van der Waals surface area (Å²) in [5, 5.41) is 5.44. The lowest BCUT2D eigenvalue weighted by atomic mass is 9.83. The fraction of sp³-hybridized carbons (Fsp3) is 0.447. The van der Waals surface area contributed by atoms with Gasteiger partial charge in [0.05, 0.1) is 49.2 Å². The first-order valence-electron chi connectivity index (χ1n) is 21.7. The zero-order valence-corrected chi connectivity index (χ0v) is 36.0. The van der Waals surface area contributed by atoms with Gasteiger partial charge in [0, 0.05) is 35.2 Å². The van der Waals surface area contributed by atoms with Crippen LogP contribution in [0.15, 0.2) is 60.8 Å². The van der Waals surface area contributed by atoms with Crippen LogP contribution in [0.1, 0.15) is 101 Å². The Labute approximate surface area is 360 Å². The molecule has 324 valence electrons. The maximum absolute atomic E-state index is 13.7. The molecule has 9 rings (SSSR count). The van der Waals surface area contributed by atoms with Crippen molar-refractivity contribution in [2.45, 2.75) is 95.8 Å². The van der Waals surface area contributed by atoms with Crippen LogP contribution in [0.3, 0.4) is 0 Å². The number of aromatic amines is 2. The molecule has 4 N–H and O–H groups in total. The van der Waals surface area contributed by atoms with Gasteiger partial charge >= 0.3 is 12.2 Å². The summed E-state index contributed by atoms with van der Waals surface area (Å²) in [6.45, 7) is 8.81. The number of methoxy groups -OCH3 is 2. The van der Waals surface area contributed by atoms with Gasteiger partial charge in [0.25, 0.3) is 0 Å². The summed E-state index contributed by atoms with van der Waals surface area (Å²) in [4.78, 5) is 71.9. The average Bonchev–Trinajstić information content (AvgIpc) is 3.80. The normalized spacial score (nSPS) is 19.5. The number of rotatable bonds is 10. The third kappa shape index (κ3) is 7.30. The van der Waals surface area contributed by atoms with E-state index in [2.05, 4.69) is 63.1 Å². The van der Waals surface area contributed by atoms with E-state index in [1.807, 2.05) is 55.8 Å². The molecule has 0 radical (unpaired) electrons. The van der Waals surface area contributed by atoms with Crippen LogP contribution in [-0.2, 0) is 24.5 Å². The summed E-state index contributed by atoms with van der Waals surface area (Å²) in [6.07, 6.45) is 5.86. The van der Waals surface area contributed by atoms with E-state index < -0.39 is 24.3 Å². The maximum Gasteiger partial charge on any atom is 0.407 e. The number of likely N-dealkylation sites (tertiary alicyclic amines) is 2. The first-order valence-corrected chi connectivity index (χ1v) is 21.7. The predicted octanol–water partition coefficient (Wildman–Crippen LogP) is 7.89. The zero-order chi connectivity index (χ0) is 43.4. The Balaban J connectivity index is 0.927. The second-order valence-corrected chi connectivity index (χ2v) is 17.7. The molecular weight excluding hydrogens is 789 g/mol. The van der Waals surface area contributed by atoms with Gasteiger partial charge in [-0.05, 0) is 97.9 Å². The molecule has 1 saturated carbocycles. The minimum atomic E-state index is -0.699. The highest BCUT2D eigenvalue weighted by molar-refractivity contribution is 5.88. The van der Waals surface area contributed by atoms with Gasteiger partial charge in [-0.2, -0.15) is 0 Å². The quantitative estimate of drug-likeness (QED) is 0.109. The van der Waals surface area contributed by atoms with Gasteiger partial charge in [0.2, 0.25) is 11.8 Å². The Kier molecular flexibility index (Phi) is 10.7. The van der Waals surface area contributed by atoms with E-state index >= 15 is 0 Å². The summed E-state index contributed by atoms with van der Waals surface area (Å²) >= 11 is 0. The molecule has 15 nitrogen and oxygen atoms in total. The fourth-order valence-corrected chi connectivity index (χ4v) is 9.67. The van der Waals surface area contributed by atoms with Crippen LogP contribution in [0.5, 0.6) is 11.5 Å². The van der Waals surface area contributed by atoms with Gasteiger partial charge in [-0.25, -0.2) is 19.6 Å². The molecule has 3 aromatic carbocycles. The zero-order valence-electron chi connectivity index (χ0n) is 36.0. The molecule has 62 heavy (non-hydrogen) atoms. The second-order valence-electron chi connectivity index (χ2n) is 17.7. The number of ether oxygens (including phenoxy) is 3. The number of H-pyrrole nitrogens is 2. The molecule has 3 fully saturated rings. The molecule has 3 aliphatic heterocycles.